The summed E-state index contributed by atoms with van der Waals surface area (Å²) in [5.41, 5.74) is 1.35. The zero-order valence-electron chi connectivity index (χ0n) is 11.7. The van der Waals surface area contributed by atoms with Crippen LogP contribution in [-0.2, 0) is 19.5 Å². The van der Waals surface area contributed by atoms with Crippen LogP contribution in [-0.4, -0.2) is 48.1 Å². The van der Waals surface area contributed by atoms with E-state index in [0.717, 1.165) is 0 Å². The van der Waals surface area contributed by atoms with Crippen LogP contribution < -0.4 is 10.6 Å². The number of benzene rings is 1. The topological polar surface area (TPSA) is 96.9 Å². The molecule has 2 aliphatic heterocycles. The second-order valence-electron chi connectivity index (χ2n) is 5.16. The molecule has 1 saturated heterocycles. The first-order chi connectivity index (χ1) is 10.9. The van der Waals surface area contributed by atoms with Gasteiger partial charge in [0.2, 0.25) is 0 Å². The average molecular weight is 374 g/mol. The second kappa shape index (κ2) is 6.06. The SMILES string of the molecule is O=C1Nc2ccccc2/C1=N/OC(=S)NC1CS(=O)(=O)CC1Cl. The van der Waals surface area contributed by atoms with Crippen LogP contribution in [0.25, 0.3) is 0 Å². The fourth-order valence-corrected chi connectivity index (χ4v) is 5.13. The molecule has 3 rings (SSSR count). The highest BCUT2D eigenvalue weighted by Crippen LogP contribution is 2.23. The van der Waals surface area contributed by atoms with Gasteiger partial charge < -0.3 is 15.5 Å². The first kappa shape index (κ1) is 16.2. The lowest BCUT2D eigenvalue weighted by atomic mass is 10.1. The summed E-state index contributed by atoms with van der Waals surface area (Å²) in [4.78, 5) is 16.9. The minimum Gasteiger partial charge on any atom is -0.339 e. The second-order valence-corrected chi connectivity index (χ2v) is 8.25. The van der Waals surface area contributed by atoms with E-state index in [0.29, 0.717) is 11.3 Å². The van der Waals surface area contributed by atoms with Gasteiger partial charge in [0.15, 0.2) is 15.5 Å². The number of alkyl halides is 1. The molecule has 2 N–H and O–H groups in total. The Bertz CT molecular complexity index is 809. The van der Waals surface area contributed by atoms with Crippen LogP contribution in [0.3, 0.4) is 0 Å². The predicted octanol–water partition coefficient (Wildman–Crippen LogP) is 0.638. The molecule has 2 atom stereocenters. The Morgan fingerprint density at radius 3 is 2.83 bits per heavy atom. The molecule has 1 fully saturated rings. The number of hydrogen-bond acceptors (Lipinski definition) is 6. The smallest absolute Gasteiger partial charge is 0.289 e. The molecule has 0 spiro atoms. The number of para-hydroxylation sites is 1. The molecule has 0 aromatic heterocycles. The average Bonchev–Trinajstić information content (AvgIpc) is 2.92. The van der Waals surface area contributed by atoms with Gasteiger partial charge in [-0.05, 0) is 18.3 Å². The maximum Gasteiger partial charge on any atom is 0.289 e. The largest absolute Gasteiger partial charge is 0.339 e. The Balaban J connectivity index is 1.67. The highest BCUT2D eigenvalue weighted by atomic mass is 35.5. The van der Waals surface area contributed by atoms with E-state index in [-0.39, 0.29) is 22.4 Å². The van der Waals surface area contributed by atoms with Gasteiger partial charge in [-0.2, -0.15) is 0 Å². The quantitative estimate of drug-likeness (QED) is 0.448. The van der Waals surface area contributed by atoms with Crippen LogP contribution >= 0.6 is 23.8 Å². The summed E-state index contributed by atoms with van der Waals surface area (Å²) in [6.07, 6.45) is 0. The number of rotatable bonds is 2. The number of amides is 1. The van der Waals surface area contributed by atoms with E-state index in [1.165, 1.54) is 0 Å². The van der Waals surface area contributed by atoms with Crippen molar-refractivity contribution in [2.75, 3.05) is 16.8 Å². The van der Waals surface area contributed by atoms with Crippen molar-refractivity contribution in [2.24, 2.45) is 5.16 Å². The molecule has 1 amide bonds. The number of sulfone groups is 1. The van der Waals surface area contributed by atoms with Gasteiger partial charge in [0.25, 0.3) is 11.1 Å². The molecular weight excluding hydrogens is 362 g/mol. The fraction of sp³-hybridized carbons (Fsp3) is 0.308. The summed E-state index contributed by atoms with van der Waals surface area (Å²) in [5, 5.41) is 8.38. The maximum atomic E-state index is 11.8. The van der Waals surface area contributed by atoms with Gasteiger partial charge in [0.05, 0.1) is 28.6 Å². The molecule has 2 heterocycles. The molecule has 10 heteroatoms. The number of halogens is 1. The summed E-state index contributed by atoms with van der Waals surface area (Å²) in [7, 11) is -3.18. The van der Waals surface area contributed by atoms with E-state index >= 15 is 0 Å². The van der Waals surface area contributed by atoms with Gasteiger partial charge in [0, 0.05) is 5.56 Å². The predicted molar refractivity (Wildman–Crippen MR) is 90.5 cm³/mol. The van der Waals surface area contributed by atoms with Crippen molar-refractivity contribution in [3.63, 3.8) is 0 Å². The number of thiocarbonyl (C=S) groups is 1. The van der Waals surface area contributed by atoms with Crippen molar-refractivity contribution in [3.8, 4) is 0 Å². The number of anilines is 1. The third kappa shape index (κ3) is 3.46. The molecular formula is C13H12ClN3O4S2. The minimum atomic E-state index is -3.18. The first-order valence-electron chi connectivity index (χ1n) is 6.66. The van der Waals surface area contributed by atoms with Crippen molar-refractivity contribution < 1.29 is 18.0 Å². The lowest BCUT2D eigenvalue weighted by molar-refractivity contribution is -0.110. The number of carbonyl (C=O) groups is 1. The zero-order valence-corrected chi connectivity index (χ0v) is 14.0. The van der Waals surface area contributed by atoms with E-state index in [1.54, 1.807) is 24.3 Å². The van der Waals surface area contributed by atoms with Gasteiger partial charge in [-0.3, -0.25) is 4.79 Å². The lowest BCUT2D eigenvalue weighted by Gasteiger charge is -2.14. The zero-order chi connectivity index (χ0) is 16.6. The molecule has 0 radical (unpaired) electrons. The van der Waals surface area contributed by atoms with Gasteiger partial charge in [-0.15, -0.1) is 11.6 Å². The Morgan fingerprint density at radius 2 is 2.13 bits per heavy atom. The molecule has 0 saturated carbocycles. The molecule has 2 unspecified atom stereocenters. The normalized spacial score (nSPS) is 26.7. The van der Waals surface area contributed by atoms with E-state index < -0.39 is 27.2 Å². The first-order valence-corrected chi connectivity index (χ1v) is 9.33. The van der Waals surface area contributed by atoms with Crippen molar-refractivity contribution in [2.45, 2.75) is 11.4 Å². The van der Waals surface area contributed by atoms with Gasteiger partial charge in [-0.1, -0.05) is 23.4 Å². The van der Waals surface area contributed by atoms with E-state index in [1.807, 2.05) is 0 Å². The number of hydrogen-bond donors (Lipinski definition) is 2. The molecule has 0 bridgehead atoms. The monoisotopic (exact) mass is 373 g/mol. The van der Waals surface area contributed by atoms with Crippen molar-refractivity contribution in [1.82, 2.24) is 5.32 Å². The molecule has 1 aromatic rings. The molecule has 23 heavy (non-hydrogen) atoms. The van der Waals surface area contributed by atoms with Crippen LogP contribution in [0.4, 0.5) is 5.69 Å². The van der Waals surface area contributed by atoms with Gasteiger partial charge in [-0.25, -0.2) is 8.42 Å². The maximum absolute atomic E-state index is 11.8. The Morgan fingerprint density at radius 1 is 1.39 bits per heavy atom. The number of carbonyl (C=O) groups excluding carboxylic acids is 1. The molecule has 1 aromatic carbocycles. The van der Waals surface area contributed by atoms with Crippen LogP contribution in [0.15, 0.2) is 29.4 Å². The number of nitrogens with one attached hydrogen (secondary N) is 2. The Labute approximate surface area is 142 Å². The molecule has 2 aliphatic rings. The number of oxime groups is 1. The summed E-state index contributed by atoms with van der Waals surface area (Å²) >= 11 is 10.9. The van der Waals surface area contributed by atoms with Gasteiger partial charge in [0.1, 0.15) is 0 Å². The Kier molecular flexibility index (Phi) is 4.26. The highest BCUT2D eigenvalue weighted by Gasteiger charge is 2.37. The summed E-state index contributed by atoms with van der Waals surface area (Å²) in [6, 6.07) is 6.49. The van der Waals surface area contributed by atoms with Gasteiger partial charge >= 0.3 is 0 Å². The Hall–Kier alpha value is -1.71. The van der Waals surface area contributed by atoms with Crippen LogP contribution in [0, 0.1) is 0 Å². The molecule has 7 nitrogen and oxygen atoms in total. The fourth-order valence-electron chi connectivity index (χ4n) is 2.39. The number of nitrogens with zero attached hydrogens (tertiary/aromatic N) is 1. The number of fused-ring (bicyclic) bond motifs is 1. The minimum absolute atomic E-state index is 0.103. The summed E-state index contributed by atoms with van der Waals surface area (Å²) < 4.78 is 23.0. The van der Waals surface area contributed by atoms with Crippen molar-refractivity contribution in [3.05, 3.63) is 29.8 Å². The standard InChI is InChI=1S/C13H12ClN3O4S2/c14-8-5-23(19,20)6-10(8)16-13(22)21-17-11-7-3-1-2-4-9(7)15-12(11)18/h1-4,8,10H,5-6H2,(H,16,22)(H,15,17,18). The summed E-state index contributed by atoms with van der Waals surface area (Å²) in [5.74, 6) is -0.628. The van der Waals surface area contributed by atoms with Crippen LogP contribution in [0.2, 0.25) is 0 Å². The van der Waals surface area contributed by atoms with Crippen LogP contribution in [0.1, 0.15) is 5.56 Å². The highest BCUT2D eigenvalue weighted by molar-refractivity contribution is 7.91. The van der Waals surface area contributed by atoms with E-state index in [4.69, 9.17) is 28.7 Å². The van der Waals surface area contributed by atoms with E-state index in [2.05, 4.69) is 15.8 Å². The summed E-state index contributed by atoms with van der Waals surface area (Å²) in [6.45, 7) is 0. The van der Waals surface area contributed by atoms with E-state index in [9.17, 15) is 13.2 Å². The lowest BCUT2D eigenvalue weighted by Crippen LogP contribution is -2.40. The molecule has 122 valence electrons. The van der Waals surface area contributed by atoms with Crippen molar-refractivity contribution in [1.29, 1.82) is 0 Å². The third-order valence-corrected chi connectivity index (χ3v) is 6.02. The van der Waals surface area contributed by atoms with Crippen molar-refractivity contribution >= 4 is 56.1 Å². The third-order valence-electron chi connectivity index (χ3n) is 3.45. The molecule has 0 aliphatic carbocycles. The van der Waals surface area contributed by atoms with Crippen LogP contribution in [0.5, 0.6) is 0 Å².